The van der Waals surface area contributed by atoms with Gasteiger partial charge < -0.3 is 15.0 Å². The van der Waals surface area contributed by atoms with E-state index in [0.29, 0.717) is 22.9 Å². The van der Waals surface area contributed by atoms with Gasteiger partial charge >= 0.3 is 0 Å². The molecule has 1 N–H and O–H groups in total. The van der Waals surface area contributed by atoms with Crippen LogP contribution in [-0.4, -0.2) is 44.1 Å². The zero-order valence-electron chi connectivity index (χ0n) is 14.3. The van der Waals surface area contributed by atoms with Gasteiger partial charge in [0.2, 0.25) is 0 Å². The minimum atomic E-state index is -0.135. The first-order valence-corrected chi connectivity index (χ1v) is 8.71. The maximum Gasteiger partial charge on any atom is 0.255 e. The molecule has 0 radical (unpaired) electrons. The topological polar surface area (TPSA) is 41.6 Å². The predicted octanol–water partition coefficient (Wildman–Crippen LogP) is 3.45. The van der Waals surface area contributed by atoms with Crippen LogP contribution in [0, 0.1) is 11.8 Å². The Morgan fingerprint density at radius 1 is 1.35 bits per heavy atom. The van der Waals surface area contributed by atoms with Crippen LogP contribution in [0.5, 0.6) is 5.75 Å². The summed E-state index contributed by atoms with van der Waals surface area (Å²) >= 11 is 5.97. The van der Waals surface area contributed by atoms with E-state index >= 15 is 0 Å². The number of amides is 1. The van der Waals surface area contributed by atoms with Crippen molar-refractivity contribution in [1.82, 2.24) is 10.2 Å². The fourth-order valence-corrected chi connectivity index (χ4v) is 3.60. The molecule has 1 fully saturated rings. The van der Waals surface area contributed by atoms with Crippen molar-refractivity contribution in [3.05, 3.63) is 28.8 Å². The van der Waals surface area contributed by atoms with Crippen molar-refractivity contribution < 1.29 is 9.53 Å². The zero-order valence-corrected chi connectivity index (χ0v) is 15.0. The van der Waals surface area contributed by atoms with Gasteiger partial charge in [-0.25, -0.2) is 0 Å². The molecule has 0 bridgehead atoms. The third-order valence-electron chi connectivity index (χ3n) is 4.29. The minimum Gasteiger partial charge on any atom is -0.496 e. The third-order valence-corrected chi connectivity index (χ3v) is 4.52. The lowest BCUT2D eigenvalue weighted by Gasteiger charge is -2.34. The van der Waals surface area contributed by atoms with E-state index in [9.17, 15) is 4.79 Å². The first-order chi connectivity index (χ1) is 11.0. The summed E-state index contributed by atoms with van der Waals surface area (Å²) in [5, 5.41) is 3.49. The van der Waals surface area contributed by atoms with Gasteiger partial charge in [0.25, 0.3) is 5.91 Å². The van der Waals surface area contributed by atoms with Crippen molar-refractivity contribution >= 4 is 17.5 Å². The highest BCUT2D eigenvalue weighted by Gasteiger charge is 2.21. The fourth-order valence-electron chi connectivity index (χ4n) is 3.43. The van der Waals surface area contributed by atoms with E-state index in [1.54, 1.807) is 25.3 Å². The van der Waals surface area contributed by atoms with Crippen molar-refractivity contribution in [2.75, 3.05) is 33.3 Å². The highest BCUT2D eigenvalue weighted by atomic mass is 35.5. The Labute approximate surface area is 144 Å². The average Bonchev–Trinajstić information content (AvgIpc) is 2.50. The number of hydrogen-bond donors (Lipinski definition) is 1. The van der Waals surface area contributed by atoms with Gasteiger partial charge in [-0.15, -0.1) is 0 Å². The van der Waals surface area contributed by atoms with Crippen molar-refractivity contribution in [3.63, 3.8) is 0 Å². The molecule has 0 unspecified atom stereocenters. The largest absolute Gasteiger partial charge is 0.496 e. The molecule has 0 aromatic heterocycles. The summed E-state index contributed by atoms with van der Waals surface area (Å²) in [5.41, 5.74) is 0.486. The number of ether oxygens (including phenoxy) is 1. The number of piperidine rings is 1. The molecule has 0 aliphatic carbocycles. The van der Waals surface area contributed by atoms with Crippen molar-refractivity contribution in [2.24, 2.45) is 11.8 Å². The summed E-state index contributed by atoms with van der Waals surface area (Å²) in [7, 11) is 1.55. The number of hydrogen-bond acceptors (Lipinski definition) is 3. The average molecular weight is 339 g/mol. The molecule has 4 nitrogen and oxygen atoms in total. The number of benzene rings is 1. The Bertz CT molecular complexity index is 526. The maximum absolute atomic E-state index is 12.3. The number of methoxy groups -OCH3 is 1. The van der Waals surface area contributed by atoms with E-state index in [1.807, 2.05) is 0 Å². The summed E-state index contributed by atoms with van der Waals surface area (Å²) in [5.74, 6) is 1.95. The molecular formula is C18H27ClN2O2. The zero-order chi connectivity index (χ0) is 16.8. The molecule has 2 atom stereocenters. The van der Waals surface area contributed by atoms with Crippen LogP contribution in [0.15, 0.2) is 18.2 Å². The lowest BCUT2D eigenvalue weighted by Crippen LogP contribution is -2.40. The van der Waals surface area contributed by atoms with Gasteiger partial charge in [0.15, 0.2) is 0 Å². The normalized spacial score (nSPS) is 21.9. The summed E-state index contributed by atoms with van der Waals surface area (Å²) in [4.78, 5) is 14.8. The second-order valence-corrected chi connectivity index (χ2v) is 7.10. The van der Waals surface area contributed by atoms with Crippen LogP contribution in [0.2, 0.25) is 5.02 Å². The Balaban J connectivity index is 1.78. The SMILES string of the molecule is COc1ccc(Cl)cc1C(=O)NCCCN1C[C@H](C)C[C@H](C)C1. The first kappa shape index (κ1) is 18.1. The molecule has 1 heterocycles. The number of nitrogens with one attached hydrogen (secondary N) is 1. The molecule has 1 aliphatic heterocycles. The Morgan fingerprint density at radius 3 is 2.70 bits per heavy atom. The maximum atomic E-state index is 12.3. The lowest BCUT2D eigenvalue weighted by molar-refractivity contribution is 0.0944. The monoisotopic (exact) mass is 338 g/mol. The Morgan fingerprint density at radius 2 is 2.04 bits per heavy atom. The standard InChI is InChI=1S/C18H27ClN2O2/c1-13-9-14(2)12-21(11-13)8-4-7-20-18(22)16-10-15(19)5-6-17(16)23-3/h5-6,10,13-14H,4,7-9,11-12H2,1-3H3,(H,20,22)/t13-,14+. The van der Waals surface area contributed by atoms with Gasteiger partial charge in [-0.3, -0.25) is 4.79 Å². The molecule has 23 heavy (non-hydrogen) atoms. The number of nitrogens with zero attached hydrogens (tertiary/aromatic N) is 1. The van der Waals surface area contributed by atoms with E-state index < -0.39 is 0 Å². The van der Waals surface area contributed by atoms with Gasteiger partial charge in [-0.2, -0.15) is 0 Å². The van der Waals surface area contributed by atoms with Crippen molar-refractivity contribution in [2.45, 2.75) is 26.7 Å². The number of carbonyl (C=O) groups excluding carboxylic acids is 1. The highest BCUT2D eigenvalue weighted by molar-refractivity contribution is 6.31. The molecule has 0 spiro atoms. The number of likely N-dealkylation sites (tertiary alicyclic amines) is 1. The molecule has 1 aromatic carbocycles. The number of rotatable bonds is 6. The summed E-state index contributed by atoms with van der Waals surface area (Å²) in [6.07, 6.45) is 2.27. The van der Waals surface area contributed by atoms with E-state index in [4.69, 9.17) is 16.3 Å². The molecule has 5 heteroatoms. The molecule has 2 rings (SSSR count). The first-order valence-electron chi connectivity index (χ1n) is 8.33. The molecule has 128 valence electrons. The number of halogens is 1. The van der Waals surface area contributed by atoms with Gasteiger partial charge in [-0.05, 0) is 49.4 Å². The fraction of sp³-hybridized carbons (Fsp3) is 0.611. The quantitative estimate of drug-likeness (QED) is 0.808. The second-order valence-electron chi connectivity index (χ2n) is 6.66. The van der Waals surface area contributed by atoms with E-state index in [-0.39, 0.29) is 5.91 Å². The van der Waals surface area contributed by atoms with Gasteiger partial charge in [-0.1, -0.05) is 25.4 Å². The molecule has 1 aliphatic rings. The Hall–Kier alpha value is -1.26. The van der Waals surface area contributed by atoms with E-state index in [2.05, 4.69) is 24.1 Å². The molecule has 0 saturated carbocycles. The smallest absolute Gasteiger partial charge is 0.255 e. The summed E-state index contributed by atoms with van der Waals surface area (Å²) in [6.45, 7) is 8.65. The molecular weight excluding hydrogens is 312 g/mol. The van der Waals surface area contributed by atoms with Gasteiger partial charge in [0, 0.05) is 24.7 Å². The third kappa shape index (κ3) is 5.40. The van der Waals surface area contributed by atoms with Crippen LogP contribution in [0.25, 0.3) is 0 Å². The Kier molecular flexibility index (Phi) is 6.72. The van der Waals surface area contributed by atoms with Crippen LogP contribution in [0.3, 0.4) is 0 Å². The summed E-state index contributed by atoms with van der Waals surface area (Å²) in [6, 6.07) is 5.08. The van der Waals surface area contributed by atoms with E-state index in [0.717, 1.165) is 24.8 Å². The minimum absolute atomic E-state index is 0.135. The van der Waals surface area contributed by atoms with Crippen molar-refractivity contribution in [3.8, 4) is 5.75 Å². The van der Waals surface area contributed by atoms with Crippen LogP contribution in [-0.2, 0) is 0 Å². The summed E-state index contributed by atoms with van der Waals surface area (Å²) < 4.78 is 5.22. The van der Waals surface area contributed by atoms with Crippen molar-refractivity contribution in [1.29, 1.82) is 0 Å². The van der Waals surface area contributed by atoms with Crippen LogP contribution < -0.4 is 10.1 Å². The van der Waals surface area contributed by atoms with Gasteiger partial charge in [0.1, 0.15) is 5.75 Å². The second kappa shape index (κ2) is 8.55. The lowest BCUT2D eigenvalue weighted by atomic mass is 9.92. The van der Waals surface area contributed by atoms with E-state index in [1.165, 1.54) is 19.5 Å². The highest BCUT2D eigenvalue weighted by Crippen LogP contribution is 2.23. The molecule has 1 saturated heterocycles. The predicted molar refractivity (Wildman–Crippen MR) is 94.3 cm³/mol. The van der Waals surface area contributed by atoms with Crippen LogP contribution >= 0.6 is 11.6 Å². The molecule has 1 aromatic rings. The van der Waals surface area contributed by atoms with Crippen LogP contribution in [0.4, 0.5) is 0 Å². The number of carbonyl (C=O) groups is 1. The van der Waals surface area contributed by atoms with Gasteiger partial charge in [0.05, 0.1) is 12.7 Å². The molecule has 1 amide bonds. The van der Waals surface area contributed by atoms with Crippen LogP contribution in [0.1, 0.15) is 37.0 Å².